The molecule has 2 rings (SSSR count). The molecular formula is C11H15BrN2O. The van der Waals surface area contributed by atoms with Gasteiger partial charge in [0.15, 0.2) is 0 Å². The van der Waals surface area contributed by atoms with Crippen LogP contribution in [0.4, 0.5) is 5.82 Å². The van der Waals surface area contributed by atoms with Crippen LogP contribution >= 0.6 is 15.9 Å². The van der Waals surface area contributed by atoms with Crippen LogP contribution in [0.25, 0.3) is 0 Å². The lowest BCUT2D eigenvalue weighted by Crippen LogP contribution is -2.29. The molecule has 1 aromatic rings. The fourth-order valence-corrected chi connectivity index (χ4v) is 1.89. The normalized spacial score (nSPS) is 15.4. The first-order valence-electron chi connectivity index (χ1n) is 5.23. The summed E-state index contributed by atoms with van der Waals surface area (Å²) in [6.07, 6.45) is 2.44. The summed E-state index contributed by atoms with van der Waals surface area (Å²) in [6, 6.07) is 4.61. The Morgan fingerprint density at radius 3 is 2.80 bits per heavy atom. The third-order valence-corrected chi connectivity index (χ3v) is 3.47. The molecule has 0 unspecified atom stereocenters. The second kappa shape index (κ2) is 4.49. The van der Waals surface area contributed by atoms with Crippen LogP contribution in [-0.2, 0) is 0 Å². The standard InChI is InChI=1S/C11H15BrN2O/c1-8-10(12)4-5-11(13-8)14(6-7-15)9-2-3-9/h4-5,9,15H,2-3,6-7H2,1H3. The molecule has 1 fully saturated rings. The van der Waals surface area contributed by atoms with E-state index in [0.717, 1.165) is 16.0 Å². The predicted molar refractivity (Wildman–Crippen MR) is 64.1 cm³/mol. The van der Waals surface area contributed by atoms with Gasteiger partial charge < -0.3 is 10.0 Å². The van der Waals surface area contributed by atoms with Gasteiger partial charge in [-0.1, -0.05) is 0 Å². The van der Waals surface area contributed by atoms with E-state index in [1.54, 1.807) is 0 Å². The molecule has 0 aromatic carbocycles. The van der Waals surface area contributed by atoms with Crippen molar-refractivity contribution in [1.29, 1.82) is 0 Å². The number of pyridine rings is 1. The zero-order chi connectivity index (χ0) is 10.8. The monoisotopic (exact) mass is 270 g/mol. The third-order valence-electron chi connectivity index (χ3n) is 2.63. The Labute approximate surface area is 98.3 Å². The zero-order valence-corrected chi connectivity index (χ0v) is 10.4. The minimum Gasteiger partial charge on any atom is -0.395 e. The summed E-state index contributed by atoms with van der Waals surface area (Å²) in [4.78, 5) is 6.71. The quantitative estimate of drug-likeness (QED) is 0.911. The molecule has 0 aliphatic heterocycles. The van der Waals surface area contributed by atoms with E-state index in [1.807, 2.05) is 19.1 Å². The smallest absolute Gasteiger partial charge is 0.129 e. The molecule has 0 spiro atoms. The molecule has 82 valence electrons. The summed E-state index contributed by atoms with van der Waals surface area (Å²) >= 11 is 3.44. The van der Waals surface area contributed by atoms with Crippen molar-refractivity contribution in [2.24, 2.45) is 0 Å². The number of aromatic nitrogens is 1. The Hall–Kier alpha value is -0.610. The van der Waals surface area contributed by atoms with Crippen LogP contribution < -0.4 is 4.90 Å². The molecule has 15 heavy (non-hydrogen) atoms. The molecule has 1 heterocycles. The van der Waals surface area contributed by atoms with E-state index in [-0.39, 0.29) is 6.61 Å². The predicted octanol–water partition coefficient (Wildman–Crippen LogP) is 2.11. The maximum Gasteiger partial charge on any atom is 0.129 e. The van der Waals surface area contributed by atoms with Crippen LogP contribution in [0.3, 0.4) is 0 Å². The third kappa shape index (κ3) is 2.49. The number of anilines is 1. The molecule has 0 atom stereocenters. The molecule has 0 amide bonds. The highest BCUT2D eigenvalue weighted by atomic mass is 79.9. The Balaban J connectivity index is 2.21. The fourth-order valence-electron chi connectivity index (χ4n) is 1.67. The summed E-state index contributed by atoms with van der Waals surface area (Å²) < 4.78 is 1.03. The Morgan fingerprint density at radius 1 is 1.53 bits per heavy atom. The number of aryl methyl sites for hydroxylation is 1. The molecule has 0 radical (unpaired) electrons. The van der Waals surface area contributed by atoms with Crippen molar-refractivity contribution in [3.8, 4) is 0 Å². The summed E-state index contributed by atoms with van der Waals surface area (Å²) in [5.41, 5.74) is 0.996. The minimum atomic E-state index is 0.188. The van der Waals surface area contributed by atoms with Crippen molar-refractivity contribution in [2.75, 3.05) is 18.1 Å². The average molecular weight is 271 g/mol. The summed E-state index contributed by atoms with van der Waals surface area (Å²) in [5, 5.41) is 9.02. The van der Waals surface area contributed by atoms with Gasteiger partial charge in [0.25, 0.3) is 0 Å². The van der Waals surface area contributed by atoms with E-state index >= 15 is 0 Å². The molecule has 0 bridgehead atoms. The van der Waals surface area contributed by atoms with Crippen molar-refractivity contribution in [3.05, 3.63) is 22.3 Å². The highest BCUT2D eigenvalue weighted by Crippen LogP contribution is 2.31. The maximum absolute atomic E-state index is 9.02. The first-order chi connectivity index (χ1) is 7.22. The molecule has 1 aliphatic rings. The van der Waals surface area contributed by atoms with Gasteiger partial charge in [0.1, 0.15) is 5.82 Å². The first-order valence-corrected chi connectivity index (χ1v) is 6.02. The van der Waals surface area contributed by atoms with Gasteiger partial charge in [0.2, 0.25) is 0 Å². The zero-order valence-electron chi connectivity index (χ0n) is 8.78. The number of hydrogen-bond donors (Lipinski definition) is 1. The molecule has 3 nitrogen and oxygen atoms in total. The van der Waals surface area contributed by atoms with Gasteiger partial charge in [-0.25, -0.2) is 4.98 Å². The molecule has 4 heteroatoms. The van der Waals surface area contributed by atoms with Crippen LogP contribution in [0.5, 0.6) is 0 Å². The minimum absolute atomic E-state index is 0.188. The van der Waals surface area contributed by atoms with Crippen LogP contribution in [0.1, 0.15) is 18.5 Å². The molecular weight excluding hydrogens is 256 g/mol. The average Bonchev–Trinajstić information content (AvgIpc) is 3.02. The highest BCUT2D eigenvalue weighted by molar-refractivity contribution is 9.10. The Bertz CT molecular complexity index is 352. The highest BCUT2D eigenvalue weighted by Gasteiger charge is 2.29. The molecule has 1 saturated carbocycles. The molecule has 0 saturated heterocycles. The van der Waals surface area contributed by atoms with E-state index in [4.69, 9.17) is 5.11 Å². The van der Waals surface area contributed by atoms with E-state index < -0.39 is 0 Å². The number of nitrogens with zero attached hydrogens (tertiary/aromatic N) is 2. The lowest BCUT2D eigenvalue weighted by molar-refractivity contribution is 0.301. The van der Waals surface area contributed by atoms with E-state index in [1.165, 1.54) is 12.8 Å². The van der Waals surface area contributed by atoms with E-state index in [9.17, 15) is 0 Å². The number of rotatable bonds is 4. The first kappa shape index (κ1) is 10.9. The summed E-state index contributed by atoms with van der Waals surface area (Å²) in [6.45, 7) is 2.85. The number of aliphatic hydroxyl groups is 1. The Kier molecular flexibility index (Phi) is 3.26. The summed E-state index contributed by atoms with van der Waals surface area (Å²) in [7, 11) is 0. The van der Waals surface area contributed by atoms with Gasteiger partial charge in [-0.05, 0) is 47.8 Å². The van der Waals surface area contributed by atoms with E-state index in [0.29, 0.717) is 12.6 Å². The lowest BCUT2D eigenvalue weighted by atomic mass is 10.3. The van der Waals surface area contributed by atoms with Crippen molar-refractivity contribution in [2.45, 2.75) is 25.8 Å². The van der Waals surface area contributed by atoms with Crippen LogP contribution in [-0.4, -0.2) is 29.3 Å². The molecule has 1 N–H and O–H groups in total. The number of aliphatic hydroxyl groups excluding tert-OH is 1. The van der Waals surface area contributed by atoms with Gasteiger partial charge in [-0.15, -0.1) is 0 Å². The molecule has 1 aromatic heterocycles. The van der Waals surface area contributed by atoms with Crippen LogP contribution in [0, 0.1) is 6.92 Å². The van der Waals surface area contributed by atoms with Gasteiger partial charge in [0, 0.05) is 17.1 Å². The van der Waals surface area contributed by atoms with Crippen LogP contribution in [0.15, 0.2) is 16.6 Å². The van der Waals surface area contributed by atoms with Gasteiger partial charge >= 0.3 is 0 Å². The van der Waals surface area contributed by atoms with Crippen molar-refractivity contribution in [3.63, 3.8) is 0 Å². The van der Waals surface area contributed by atoms with E-state index in [2.05, 4.69) is 25.8 Å². The topological polar surface area (TPSA) is 36.4 Å². The number of hydrogen-bond acceptors (Lipinski definition) is 3. The van der Waals surface area contributed by atoms with Gasteiger partial charge in [0.05, 0.1) is 12.3 Å². The molecule has 1 aliphatic carbocycles. The SMILES string of the molecule is Cc1nc(N(CCO)C2CC2)ccc1Br. The maximum atomic E-state index is 9.02. The fraction of sp³-hybridized carbons (Fsp3) is 0.545. The second-order valence-electron chi connectivity index (χ2n) is 3.88. The van der Waals surface area contributed by atoms with Crippen molar-refractivity contribution >= 4 is 21.7 Å². The van der Waals surface area contributed by atoms with Crippen molar-refractivity contribution < 1.29 is 5.11 Å². The second-order valence-corrected chi connectivity index (χ2v) is 4.74. The summed E-state index contributed by atoms with van der Waals surface area (Å²) in [5.74, 6) is 0.979. The number of halogens is 1. The van der Waals surface area contributed by atoms with Gasteiger partial charge in [-0.3, -0.25) is 0 Å². The Morgan fingerprint density at radius 2 is 2.27 bits per heavy atom. The largest absolute Gasteiger partial charge is 0.395 e. The lowest BCUT2D eigenvalue weighted by Gasteiger charge is -2.22. The van der Waals surface area contributed by atoms with Gasteiger partial charge in [-0.2, -0.15) is 0 Å². The van der Waals surface area contributed by atoms with Crippen molar-refractivity contribution in [1.82, 2.24) is 4.98 Å². The van der Waals surface area contributed by atoms with Crippen LogP contribution in [0.2, 0.25) is 0 Å².